The Morgan fingerprint density at radius 2 is 1.79 bits per heavy atom. The van der Waals surface area contributed by atoms with Gasteiger partial charge in [0.05, 0.1) is 12.2 Å². The van der Waals surface area contributed by atoms with E-state index < -0.39 is 29.8 Å². The van der Waals surface area contributed by atoms with Crippen LogP contribution in [0.15, 0.2) is 72.9 Å². The lowest BCUT2D eigenvalue weighted by molar-refractivity contribution is -0.129. The number of nitrogens with one attached hydrogen (secondary N) is 4. The standard InChI is InChI=1S/C31H35N5O6/c37-23-11-9-21(10-12-23)20-26-31(41)33-17-5-19-42-27-8-2-1-7-24(27)29(39)36-25(13-14-28(38)35-26)30(40)34-18-15-22-6-3-4-16-32-22/h1-4,6-12,16,25-26,37H,5,13-15,17-20H2,(H,33,41)(H,34,40)(H,35,38)(H,36,39)/t25-,26?/m0/s1. The first-order valence-electron chi connectivity index (χ1n) is 13.9. The number of nitrogens with zero attached hydrogens (tertiary/aromatic N) is 1. The maximum atomic E-state index is 13.3. The first kappa shape index (κ1) is 30.0. The second kappa shape index (κ2) is 15.2. The van der Waals surface area contributed by atoms with E-state index in [0.717, 1.165) is 11.3 Å². The maximum Gasteiger partial charge on any atom is 0.255 e. The predicted molar refractivity (Wildman–Crippen MR) is 155 cm³/mol. The zero-order valence-electron chi connectivity index (χ0n) is 23.2. The number of aromatic hydroxyl groups is 1. The summed E-state index contributed by atoms with van der Waals surface area (Å²) in [5, 5.41) is 20.8. The number of hydrogen-bond acceptors (Lipinski definition) is 7. The van der Waals surface area contributed by atoms with Gasteiger partial charge in [0, 0.05) is 44.2 Å². The van der Waals surface area contributed by atoms with Crippen molar-refractivity contribution in [2.45, 2.75) is 44.2 Å². The van der Waals surface area contributed by atoms with E-state index in [1.165, 1.54) is 12.1 Å². The number of amides is 4. The molecule has 2 aromatic carbocycles. The Labute approximate surface area is 244 Å². The summed E-state index contributed by atoms with van der Waals surface area (Å²) < 4.78 is 5.84. The molecule has 0 fully saturated rings. The fourth-order valence-electron chi connectivity index (χ4n) is 4.48. The van der Waals surface area contributed by atoms with Gasteiger partial charge in [0.2, 0.25) is 17.7 Å². The minimum atomic E-state index is -1.02. The van der Waals surface area contributed by atoms with Gasteiger partial charge < -0.3 is 31.1 Å². The molecule has 0 spiro atoms. The van der Waals surface area contributed by atoms with Gasteiger partial charge >= 0.3 is 0 Å². The molecule has 11 nitrogen and oxygen atoms in total. The fraction of sp³-hybridized carbons (Fsp3) is 0.323. The second-order valence-electron chi connectivity index (χ2n) is 9.91. The Morgan fingerprint density at radius 3 is 2.57 bits per heavy atom. The number of carbonyl (C=O) groups excluding carboxylic acids is 4. The molecule has 3 aromatic rings. The molecule has 1 aromatic heterocycles. The summed E-state index contributed by atoms with van der Waals surface area (Å²) in [5.41, 5.74) is 1.82. The average Bonchev–Trinajstić information content (AvgIpc) is 2.99. The van der Waals surface area contributed by atoms with Crippen molar-refractivity contribution in [3.63, 3.8) is 0 Å². The van der Waals surface area contributed by atoms with E-state index in [4.69, 9.17) is 4.74 Å². The zero-order chi connectivity index (χ0) is 29.7. The van der Waals surface area contributed by atoms with Crippen molar-refractivity contribution in [1.82, 2.24) is 26.3 Å². The minimum Gasteiger partial charge on any atom is -0.508 e. The van der Waals surface area contributed by atoms with E-state index >= 15 is 0 Å². The number of phenols is 1. The number of rotatable bonds is 6. The second-order valence-corrected chi connectivity index (χ2v) is 9.91. The Hall–Kier alpha value is -4.93. The molecule has 4 rings (SSSR count). The van der Waals surface area contributed by atoms with Crippen LogP contribution >= 0.6 is 0 Å². The van der Waals surface area contributed by atoms with Crippen molar-refractivity contribution in [2.24, 2.45) is 0 Å². The average molecular weight is 574 g/mol. The van der Waals surface area contributed by atoms with Gasteiger partial charge in [-0.05, 0) is 54.8 Å². The van der Waals surface area contributed by atoms with Gasteiger partial charge in [-0.1, -0.05) is 30.3 Å². The molecule has 2 heterocycles. The molecule has 0 radical (unpaired) electrons. The number of carbonyl (C=O) groups is 4. The number of aromatic nitrogens is 1. The molecule has 11 heteroatoms. The molecular formula is C31H35N5O6. The van der Waals surface area contributed by atoms with Crippen molar-refractivity contribution in [3.8, 4) is 11.5 Å². The van der Waals surface area contributed by atoms with Crippen LogP contribution in [0.1, 0.15) is 40.9 Å². The molecule has 0 bridgehead atoms. The molecule has 42 heavy (non-hydrogen) atoms. The lowest BCUT2D eigenvalue weighted by Crippen LogP contribution is -2.50. The number of phenolic OH excluding ortho intramolecular Hbond substituents is 1. The van der Waals surface area contributed by atoms with Crippen molar-refractivity contribution in [3.05, 3.63) is 89.7 Å². The van der Waals surface area contributed by atoms with Gasteiger partial charge in [-0.2, -0.15) is 0 Å². The van der Waals surface area contributed by atoms with Crippen molar-refractivity contribution in [1.29, 1.82) is 0 Å². The predicted octanol–water partition coefficient (Wildman–Crippen LogP) is 1.65. The van der Waals surface area contributed by atoms with Crippen LogP contribution in [0.4, 0.5) is 0 Å². The van der Waals surface area contributed by atoms with E-state index in [-0.39, 0.29) is 43.1 Å². The Morgan fingerprint density at radius 1 is 1.00 bits per heavy atom. The first-order chi connectivity index (χ1) is 20.4. The highest BCUT2D eigenvalue weighted by molar-refractivity contribution is 5.99. The van der Waals surface area contributed by atoms with Crippen LogP contribution in [0.3, 0.4) is 0 Å². The molecule has 1 unspecified atom stereocenters. The normalized spacial score (nSPS) is 18.4. The molecule has 1 aliphatic rings. The van der Waals surface area contributed by atoms with Gasteiger partial charge in [-0.15, -0.1) is 0 Å². The number of ether oxygens (including phenoxy) is 1. The third kappa shape index (κ3) is 9.05. The number of benzene rings is 2. The number of fused-ring (bicyclic) bond motifs is 1. The summed E-state index contributed by atoms with van der Waals surface area (Å²) >= 11 is 0. The third-order valence-electron chi connectivity index (χ3n) is 6.73. The topological polar surface area (TPSA) is 159 Å². The summed E-state index contributed by atoms with van der Waals surface area (Å²) in [7, 11) is 0. The Kier molecular flexibility index (Phi) is 10.9. The van der Waals surface area contributed by atoms with Gasteiger partial charge in [-0.3, -0.25) is 24.2 Å². The molecule has 2 atom stereocenters. The van der Waals surface area contributed by atoms with E-state index in [0.29, 0.717) is 31.7 Å². The summed E-state index contributed by atoms with van der Waals surface area (Å²) in [4.78, 5) is 56.7. The van der Waals surface area contributed by atoms with E-state index in [9.17, 15) is 24.3 Å². The molecule has 0 aliphatic carbocycles. The Bertz CT molecular complexity index is 1370. The maximum absolute atomic E-state index is 13.3. The van der Waals surface area contributed by atoms with Gasteiger partial charge in [0.1, 0.15) is 23.6 Å². The molecular weight excluding hydrogens is 538 g/mol. The molecule has 4 amide bonds. The van der Waals surface area contributed by atoms with Gasteiger partial charge in [0.15, 0.2) is 0 Å². The summed E-state index contributed by atoms with van der Waals surface area (Å²) in [5.74, 6) is -1.29. The summed E-state index contributed by atoms with van der Waals surface area (Å²) in [6.45, 7) is 0.829. The quantitative estimate of drug-likeness (QED) is 0.300. The highest BCUT2D eigenvalue weighted by atomic mass is 16.5. The van der Waals surface area contributed by atoms with Crippen molar-refractivity contribution in [2.75, 3.05) is 19.7 Å². The van der Waals surface area contributed by atoms with Crippen LogP contribution in [0.5, 0.6) is 11.5 Å². The monoisotopic (exact) mass is 573 g/mol. The molecule has 220 valence electrons. The highest BCUT2D eigenvalue weighted by Crippen LogP contribution is 2.19. The number of pyridine rings is 1. The minimum absolute atomic E-state index is 0.00354. The zero-order valence-corrected chi connectivity index (χ0v) is 23.2. The van der Waals surface area contributed by atoms with Crippen LogP contribution in [-0.2, 0) is 27.2 Å². The van der Waals surface area contributed by atoms with Crippen LogP contribution < -0.4 is 26.0 Å². The molecule has 1 aliphatic heterocycles. The van der Waals surface area contributed by atoms with Crippen LogP contribution in [0, 0.1) is 0 Å². The summed E-state index contributed by atoms with van der Waals surface area (Å²) in [6.07, 6.45) is 2.73. The fourth-order valence-corrected chi connectivity index (χ4v) is 4.48. The lowest BCUT2D eigenvalue weighted by atomic mass is 10.0. The summed E-state index contributed by atoms with van der Waals surface area (Å²) in [6, 6.07) is 16.7. The largest absolute Gasteiger partial charge is 0.508 e. The van der Waals surface area contributed by atoms with Crippen molar-refractivity contribution < 1.29 is 29.0 Å². The van der Waals surface area contributed by atoms with E-state index in [1.807, 2.05) is 18.2 Å². The van der Waals surface area contributed by atoms with E-state index in [1.54, 1.807) is 42.6 Å². The third-order valence-corrected chi connectivity index (χ3v) is 6.73. The lowest BCUT2D eigenvalue weighted by Gasteiger charge is -2.22. The van der Waals surface area contributed by atoms with E-state index in [2.05, 4.69) is 26.3 Å². The van der Waals surface area contributed by atoms with Crippen LogP contribution in [0.2, 0.25) is 0 Å². The number of para-hydroxylation sites is 1. The Balaban J connectivity index is 1.50. The molecule has 0 saturated carbocycles. The van der Waals surface area contributed by atoms with Gasteiger partial charge in [0.25, 0.3) is 5.91 Å². The van der Waals surface area contributed by atoms with Gasteiger partial charge in [-0.25, -0.2) is 0 Å². The highest BCUT2D eigenvalue weighted by Gasteiger charge is 2.26. The van der Waals surface area contributed by atoms with Crippen LogP contribution in [-0.4, -0.2) is 65.5 Å². The molecule has 0 saturated heterocycles. The first-order valence-corrected chi connectivity index (χ1v) is 13.9. The SMILES string of the molecule is O=C1CC[C@@H](C(=O)NCCc2ccccn2)NC(=O)c2ccccc2OCCCNC(=O)C(Cc2ccc(O)cc2)N1. The van der Waals surface area contributed by atoms with Crippen molar-refractivity contribution >= 4 is 23.6 Å². The number of hydrogen-bond donors (Lipinski definition) is 5. The molecule has 5 N–H and O–H groups in total. The smallest absolute Gasteiger partial charge is 0.255 e. The van der Waals surface area contributed by atoms with Crippen LogP contribution in [0.25, 0.3) is 0 Å².